The van der Waals surface area contributed by atoms with Gasteiger partial charge in [0.05, 0.1) is 13.2 Å². The van der Waals surface area contributed by atoms with E-state index >= 15 is 0 Å². The van der Waals surface area contributed by atoms with Crippen molar-refractivity contribution in [3.63, 3.8) is 0 Å². The van der Waals surface area contributed by atoms with Crippen LogP contribution in [0.1, 0.15) is 53.0 Å². The first-order chi connectivity index (χ1) is 15.5. The van der Waals surface area contributed by atoms with Gasteiger partial charge >= 0.3 is 24.2 Å². The van der Waals surface area contributed by atoms with E-state index in [1.807, 2.05) is 6.92 Å². The minimum absolute atomic E-state index is 0.111. The molecule has 33 heavy (non-hydrogen) atoms. The number of nitrogens with one attached hydrogen (secondary N) is 1. The Morgan fingerprint density at radius 2 is 1.52 bits per heavy atom. The van der Waals surface area contributed by atoms with Gasteiger partial charge in [-0.3, -0.25) is 10.1 Å². The Kier molecular flexibility index (Phi) is 11.1. The van der Waals surface area contributed by atoms with Crippen molar-refractivity contribution in [2.24, 2.45) is 0 Å². The highest BCUT2D eigenvalue weighted by Gasteiger charge is 2.43. The fourth-order valence-electron chi connectivity index (χ4n) is 2.73. The first-order valence-corrected chi connectivity index (χ1v) is 10.6. The summed E-state index contributed by atoms with van der Waals surface area (Å²) in [5, 5.41) is 12.6. The van der Waals surface area contributed by atoms with Crippen molar-refractivity contribution in [3.05, 3.63) is 23.8 Å². The molecule has 2 N–H and O–H groups in total. The number of esters is 1. The van der Waals surface area contributed by atoms with Crippen LogP contribution in [0.15, 0.2) is 18.2 Å². The maximum atomic E-state index is 12.1. The van der Waals surface area contributed by atoms with Crippen LogP contribution in [0.25, 0.3) is 0 Å². The molecule has 11 heteroatoms. The average Bonchev–Trinajstić information content (AvgIpc) is 2.71. The normalized spacial score (nSPS) is 12.4. The van der Waals surface area contributed by atoms with Crippen LogP contribution in [0.5, 0.6) is 11.5 Å². The Balaban J connectivity index is 3.31. The smallest absolute Gasteiger partial charge is 0.477 e. The van der Waals surface area contributed by atoms with Gasteiger partial charge in [-0.15, -0.1) is 0 Å². The van der Waals surface area contributed by atoms with Gasteiger partial charge in [-0.25, -0.2) is 14.4 Å². The Bertz CT molecular complexity index is 838. The van der Waals surface area contributed by atoms with Gasteiger partial charge in [0.25, 0.3) is 5.72 Å². The SMILES string of the molecule is CCCOC(=O)Oc1ccc(C[C@](NC(C)C)(OC(C)=O)C(=O)O)cc1OC(=O)OCCC. The second kappa shape index (κ2) is 13.3. The third kappa shape index (κ3) is 9.36. The van der Waals surface area contributed by atoms with Gasteiger partial charge in [-0.1, -0.05) is 19.9 Å². The van der Waals surface area contributed by atoms with E-state index in [2.05, 4.69) is 5.32 Å². The molecule has 1 atom stereocenters. The molecule has 0 saturated carbocycles. The van der Waals surface area contributed by atoms with Gasteiger partial charge in [0, 0.05) is 19.4 Å². The number of carboxylic acid groups (broad SMARTS) is 1. The summed E-state index contributed by atoms with van der Waals surface area (Å²) in [6.45, 7) is 8.33. The van der Waals surface area contributed by atoms with Crippen molar-refractivity contribution in [1.29, 1.82) is 0 Å². The molecule has 0 aliphatic heterocycles. The van der Waals surface area contributed by atoms with Crippen LogP contribution in [0, 0.1) is 0 Å². The summed E-state index contributed by atoms with van der Waals surface area (Å²) < 4.78 is 25.2. The van der Waals surface area contributed by atoms with E-state index in [1.54, 1.807) is 20.8 Å². The maximum absolute atomic E-state index is 12.1. The highest BCUT2D eigenvalue weighted by atomic mass is 16.7. The first-order valence-electron chi connectivity index (χ1n) is 10.6. The third-order valence-corrected chi connectivity index (χ3v) is 3.88. The number of ether oxygens (including phenoxy) is 5. The predicted octanol–water partition coefficient (Wildman–Crippen LogP) is 3.42. The van der Waals surface area contributed by atoms with Crippen molar-refractivity contribution in [1.82, 2.24) is 5.32 Å². The summed E-state index contributed by atoms with van der Waals surface area (Å²) >= 11 is 0. The van der Waals surface area contributed by atoms with E-state index in [4.69, 9.17) is 23.7 Å². The van der Waals surface area contributed by atoms with E-state index in [1.165, 1.54) is 18.2 Å². The molecule has 1 rings (SSSR count). The lowest BCUT2D eigenvalue weighted by Crippen LogP contribution is -2.59. The molecule has 1 aromatic rings. The van der Waals surface area contributed by atoms with Gasteiger partial charge in [0.15, 0.2) is 11.5 Å². The average molecular weight is 469 g/mol. The minimum atomic E-state index is -2.08. The predicted molar refractivity (Wildman–Crippen MR) is 115 cm³/mol. The van der Waals surface area contributed by atoms with Gasteiger partial charge in [0.2, 0.25) is 0 Å². The molecular weight excluding hydrogens is 438 g/mol. The second-order valence-electron chi connectivity index (χ2n) is 7.38. The molecule has 0 saturated heterocycles. The molecule has 0 heterocycles. The number of carbonyl (C=O) groups excluding carboxylic acids is 3. The quantitative estimate of drug-likeness (QED) is 0.201. The molecule has 0 spiro atoms. The number of hydrogen-bond donors (Lipinski definition) is 2. The van der Waals surface area contributed by atoms with Crippen molar-refractivity contribution < 1.29 is 48.0 Å². The molecule has 11 nitrogen and oxygen atoms in total. The zero-order valence-electron chi connectivity index (χ0n) is 19.5. The summed E-state index contributed by atoms with van der Waals surface area (Å²) in [5.74, 6) is -2.56. The van der Waals surface area contributed by atoms with Crippen LogP contribution < -0.4 is 14.8 Å². The Morgan fingerprint density at radius 1 is 0.970 bits per heavy atom. The molecular formula is C22H31NO10. The van der Waals surface area contributed by atoms with Crippen molar-refractivity contribution in [2.75, 3.05) is 13.2 Å². The molecule has 0 amide bonds. The lowest BCUT2D eigenvalue weighted by Gasteiger charge is -2.32. The highest BCUT2D eigenvalue weighted by Crippen LogP contribution is 2.31. The zero-order valence-corrected chi connectivity index (χ0v) is 19.5. The van der Waals surface area contributed by atoms with E-state index in [9.17, 15) is 24.3 Å². The largest absolute Gasteiger partial charge is 0.513 e. The third-order valence-electron chi connectivity index (χ3n) is 3.88. The highest BCUT2D eigenvalue weighted by molar-refractivity contribution is 5.81. The minimum Gasteiger partial charge on any atom is -0.477 e. The molecule has 0 radical (unpaired) electrons. The molecule has 0 aliphatic carbocycles. The number of carbonyl (C=O) groups is 4. The van der Waals surface area contributed by atoms with Crippen molar-refractivity contribution in [2.45, 2.75) is 65.6 Å². The summed E-state index contributed by atoms with van der Waals surface area (Å²) in [7, 11) is 0. The van der Waals surface area contributed by atoms with Crippen molar-refractivity contribution in [3.8, 4) is 11.5 Å². The topological polar surface area (TPSA) is 147 Å². The molecule has 184 valence electrons. The second-order valence-corrected chi connectivity index (χ2v) is 7.38. The van der Waals surface area contributed by atoms with Crippen LogP contribution in [-0.4, -0.2) is 54.3 Å². The fourth-order valence-corrected chi connectivity index (χ4v) is 2.73. The van der Waals surface area contributed by atoms with Gasteiger partial charge in [-0.2, -0.15) is 0 Å². The van der Waals surface area contributed by atoms with Crippen LogP contribution in [-0.2, 0) is 30.2 Å². The summed E-state index contributed by atoms with van der Waals surface area (Å²) in [6, 6.07) is 3.69. The van der Waals surface area contributed by atoms with E-state index in [0.717, 1.165) is 6.92 Å². The molecule has 0 fully saturated rings. The van der Waals surface area contributed by atoms with E-state index < -0.39 is 30.0 Å². The number of aliphatic carboxylic acids is 1. The van der Waals surface area contributed by atoms with Gasteiger partial charge in [-0.05, 0) is 44.4 Å². The van der Waals surface area contributed by atoms with Crippen molar-refractivity contribution >= 4 is 24.2 Å². The van der Waals surface area contributed by atoms with Crippen LogP contribution in [0.2, 0.25) is 0 Å². The van der Waals surface area contributed by atoms with Crippen LogP contribution in [0.4, 0.5) is 9.59 Å². The Morgan fingerprint density at radius 3 is 1.97 bits per heavy atom. The van der Waals surface area contributed by atoms with Gasteiger partial charge < -0.3 is 28.8 Å². The molecule has 1 aromatic carbocycles. The number of carboxylic acids is 1. The van der Waals surface area contributed by atoms with Gasteiger partial charge in [0.1, 0.15) is 0 Å². The number of hydrogen-bond acceptors (Lipinski definition) is 10. The lowest BCUT2D eigenvalue weighted by molar-refractivity contribution is -0.182. The Labute approximate surface area is 192 Å². The fraction of sp³-hybridized carbons (Fsp3) is 0.545. The number of benzene rings is 1. The monoisotopic (exact) mass is 469 g/mol. The van der Waals surface area contributed by atoms with E-state index in [0.29, 0.717) is 18.4 Å². The van der Waals surface area contributed by atoms with Crippen LogP contribution in [0.3, 0.4) is 0 Å². The molecule has 0 aromatic heterocycles. The molecule has 0 aliphatic rings. The summed E-state index contributed by atoms with van der Waals surface area (Å²) in [4.78, 5) is 47.5. The first kappa shape index (κ1) is 27.7. The lowest BCUT2D eigenvalue weighted by atomic mass is 10.0. The zero-order chi connectivity index (χ0) is 25.0. The molecule has 0 unspecified atom stereocenters. The number of rotatable bonds is 12. The maximum Gasteiger partial charge on any atom is 0.513 e. The standard InChI is InChI=1S/C22H31NO10/c1-6-10-29-20(27)31-17-9-8-16(12-18(17)32-21(28)30-11-7-2)13-22(19(25)26,23-14(3)4)33-15(5)24/h8-9,12,14,23H,6-7,10-11,13H2,1-5H3,(H,25,26)/t22-/m0/s1. The summed E-state index contributed by atoms with van der Waals surface area (Å²) in [6.07, 6.45) is -1.22. The summed E-state index contributed by atoms with van der Waals surface area (Å²) in [5.41, 5.74) is -1.78. The Hall–Kier alpha value is -3.34. The van der Waals surface area contributed by atoms with Crippen LogP contribution >= 0.6 is 0 Å². The van der Waals surface area contributed by atoms with E-state index in [-0.39, 0.29) is 37.2 Å². The molecule has 0 bridgehead atoms.